The predicted octanol–water partition coefficient (Wildman–Crippen LogP) is -0.303. The Labute approximate surface area is 96.6 Å². The summed E-state index contributed by atoms with van der Waals surface area (Å²) in [5, 5.41) is 0. The summed E-state index contributed by atoms with van der Waals surface area (Å²) in [6.07, 6.45) is 0. The van der Waals surface area contributed by atoms with Gasteiger partial charge in [-0.1, -0.05) is 0 Å². The van der Waals surface area contributed by atoms with Crippen LogP contribution in [0.4, 0.5) is 0 Å². The Balaban J connectivity index is 2.89. The average Bonchev–Trinajstić information content (AvgIpc) is 2.19. The molecule has 0 radical (unpaired) electrons. The van der Waals surface area contributed by atoms with Gasteiger partial charge >= 0.3 is 96.6 Å². The van der Waals surface area contributed by atoms with Crippen molar-refractivity contribution >= 4 is 5.71 Å². The first kappa shape index (κ1) is 11.7. The first-order valence-corrected chi connectivity index (χ1v) is 6.40. The van der Waals surface area contributed by atoms with Crippen LogP contribution in [0.1, 0.15) is 19.4 Å². The molecule has 0 aromatic heterocycles. The summed E-state index contributed by atoms with van der Waals surface area (Å²) in [4.78, 5) is 0. The fourth-order valence-corrected chi connectivity index (χ4v) is 2.41. The number of hydrogen-bond donors (Lipinski definition) is 0. The fourth-order valence-electron chi connectivity index (χ4n) is 1.16. The van der Waals surface area contributed by atoms with E-state index in [9.17, 15) is 0 Å². The van der Waals surface area contributed by atoms with Crippen LogP contribution in [-0.2, 0) is 3.07 Å². The third-order valence-corrected chi connectivity index (χ3v) is 2.92. The first-order valence-electron chi connectivity index (χ1n) is 4.56. The zero-order valence-electron chi connectivity index (χ0n) is 8.70. The molecule has 0 saturated heterocycles. The monoisotopic (exact) mass is 304 g/mol. The van der Waals surface area contributed by atoms with Gasteiger partial charge in [-0.3, -0.25) is 0 Å². The van der Waals surface area contributed by atoms with Gasteiger partial charge in [0.25, 0.3) is 0 Å². The van der Waals surface area contributed by atoms with Gasteiger partial charge in [0.2, 0.25) is 0 Å². The number of benzene rings is 1. The van der Waals surface area contributed by atoms with E-state index < -0.39 is 21.9 Å². The van der Waals surface area contributed by atoms with Crippen molar-refractivity contribution in [1.82, 2.24) is 0 Å². The van der Waals surface area contributed by atoms with Crippen molar-refractivity contribution in [1.29, 1.82) is 0 Å². The van der Waals surface area contributed by atoms with E-state index >= 15 is 0 Å². The molecule has 0 spiro atoms. The van der Waals surface area contributed by atoms with Crippen LogP contribution < -0.4 is 21.9 Å². The molecule has 0 atom stereocenters. The second-order valence-electron chi connectivity index (χ2n) is 3.21. The maximum absolute atomic E-state index is 5.07. The van der Waals surface area contributed by atoms with Gasteiger partial charge < -0.3 is 0 Å². The standard InChI is InChI=1S/C11H15INO/c1-9(2)11(13-12-14-3)10-7-5-4-6-8-10/h4-9H,1-3H3/q-1/b13-11+. The molecule has 0 aliphatic heterocycles. The van der Waals surface area contributed by atoms with Gasteiger partial charge in [0.05, 0.1) is 0 Å². The van der Waals surface area contributed by atoms with Crippen molar-refractivity contribution in [2.75, 3.05) is 7.11 Å². The summed E-state index contributed by atoms with van der Waals surface area (Å²) in [6.45, 7) is 4.32. The average molecular weight is 304 g/mol. The van der Waals surface area contributed by atoms with Crippen molar-refractivity contribution < 1.29 is 25.0 Å². The molecule has 0 bridgehead atoms. The normalized spacial score (nSPS) is 12.4. The van der Waals surface area contributed by atoms with Crippen molar-refractivity contribution in [3.8, 4) is 0 Å². The molecular formula is C11H15INO-. The molecule has 0 aliphatic rings. The Morgan fingerprint density at radius 2 is 1.93 bits per heavy atom. The Morgan fingerprint density at radius 1 is 1.29 bits per heavy atom. The number of rotatable bonds is 4. The molecule has 78 valence electrons. The molecule has 1 rings (SSSR count). The van der Waals surface area contributed by atoms with E-state index in [1.54, 1.807) is 7.11 Å². The third-order valence-electron chi connectivity index (χ3n) is 1.81. The van der Waals surface area contributed by atoms with E-state index in [-0.39, 0.29) is 0 Å². The molecule has 2 nitrogen and oxygen atoms in total. The van der Waals surface area contributed by atoms with Gasteiger partial charge in [0, 0.05) is 0 Å². The van der Waals surface area contributed by atoms with E-state index in [0.29, 0.717) is 5.92 Å². The van der Waals surface area contributed by atoms with E-state index in [1.807, 2.05) is 18.2 Å². The second kappa shape index (κ2) is 6.14. The number of hydrogen-bond acceptors (Lipinski definition) is 2. The molecular weight excluding hydrogens is 289 g/mol. The maximum atomic E-state index is 5.07. The Hall–Kier alpha value is -0.420. The van der Waals surface area contributed by atoms with Crippen LogP contribution in [0.5, 0.6) is 0 Å². The van der Waals surface area contributed by atoms with E-state index in [2.05, 4.69) is 29.2 Å². The van der Waals surface area contributed by atoms with Crippen molar-refractivity contribution in [2.45, 2.75) is 13.8 Å². The molecule has 1 aromatic rings. The molecule has 1 aromatic carbocycles. The third kappa shape index (κ3) is 3.38. The van der Waals surface area contributed by atoms with Gasteiger partial charge in [-0.2, -0.15) is 0 Å². The van der Waals surface area contributed by atoms with Gasteiger partial charge in [-0.05, 0) is 0 Å². The fraction of sp³-hybridized carbons (Fsp3) is 0.364. The van der Waals surface area contributed by atoms with Crippen molar-refractivity contribution in [3.63, 3.8) is 0 Å². The van der Waals surface area contributed by atoms with Crippen LogP contribution in [0.15, 0.2) is 33.5 Å². The molecule has 0 heterocycles. The summed E-state index contributed by atoms with van der Waals surface area (Å²) in [5.74, 6) is 0.451. The van der Waals surface area contributed by atoms with E-state index in [1.165, 1.54) is 5.56 Å². The molecule has 0 saturated carbocycles. The van der Waals surface area contributed by atoms with Crippen LogP contribution in [0.25, 0.3) is 0 Å². The van der Waals surface area contributed by atoms with Gasteiger partial charge in [0.15, 0.2) is 0 Å². The minimum atomic E-state index is -0.484. The van der Waals surface area contributed by atoms with Crippen LogP contribution in [-0.4, -0.2) is 12.8 Å². The SMILES string of the molecule is CO[I-]/N=C(/c1ccccc1)C(C)C. The number of nitrogens with zero attached hydrogens (tertiary/aromatic N) is 1. The minimum absolute atomic E-state index is 0.451. The van der Waals surface area contributed by atoms with Gasteiger partial charge in [0.1, 0.15) is 0 Å². The summed E-state index contributed by atoms with van der Waals surface area (Å²) < 4.78 is 9.58. The predicted molar refractivity (Wildman–Crippen MR) is 54.8 cm³/mol. The van der Waals surface area contributed by atoms with Crippen LogP contribution in [0.3, 0.4) is 0 Å². The summed E-state index contributed by atoms with van der Waals surface area (Å²) in [6, 6.07) is 10.3. The summed E-state index contributed by atoms with van der Waals surface area (Å²) in [5.41, 5.74) is 2.36. The van der Waals surface area contributed by atoms with Crippen LogP contribution >= 0.6 is 0 Å². The van der Waals surface area contributed by atoms with Crippen molar-refractivity contribution in [2.24, 2.45) is 9.12 Å². The topological polar surface area (TPSA) is 21.6 Å². The van der Waals surface area contributed by atoms with Crippen LogP contribution in [0, 0.1) is 5.92 Å². The zero-order chi connectivity index (χ0) is 10.4. The van der Waals surface area contributed by atoms with Gasteiger partial charge in [-0.25, -0.2) is 0 Å². The molecule has 0 fully saturated rings. The summed E-state index contributed by atoms with van der Waals surface area (Å²) in [7, 11) is 1.71. The first-order chi connectivity index (χ1) is 6.75. The number of halogens is 1. The molecule has 3 heteroatoms. The molecule has 0 N–H and O–H groups in total. The second-order valence-corrected chi connectivity index (χ2v) is 4.97. The Bertz CT molecular complexity index is 295. The van der Waals surface area contributed by atoms with Crippen molar-refractivity contribution in [3.05, 3.63) is 35.9 Å². The molecule has 0 aliphatic carbocycles. The Kier molecular flexibility index (Phi) is 5.11. The quantitative estimate of drug-likeness (QED) is 0.553. The molecule has 0 unspecified atom stereocenters. The zero-order valence-corrected chi connectivity index (χ0v) is 10.9. The van der Waals surface area contributed by atoms with E-state index in [4.69, 9.17) is 3.07 Å². The molecule has 0 amide bonds. The van der Waals surface area contributed by atoms with Gasteiger partial charge in [-0.15, -0.1) is 0 Å². The van der Waals surface area contributed by atoms with E-state index in [0.717, 1.165) is 5.71 Å². The van der Waals surface area contributed by atoms with Crippen LogP contribution in [0.2, 0.25) is 0 Å². The Morgan fingerprint density at radius 3 is 2.43 bits per heavy atom. The molecule has 14 heavy (non-hydrogen) atoms. The summed E-state index contributed by atoms with van der Waals surface area (Å²) >= 11 is -0.484.